The van der Waals surface area contributed by atoms with Crippen molar-refractivity contribution in [2.75, 3.05) is 0 Å². The molecule has 8 aliphatic heterocycles. The van der Waals surface area contributed by atoms with Gasteiger partial charge in [-0.25, -0.2) is 39.9 Å². The van der Waals surface area contributed by atoms with Crippen molar-refractivity contribution in [2.24, 2.45) is 9.98 Å². The van der Waals surface area contributed by atoms with E-state index < -0.39 is 0 Å². The highest BCUT2D eigenvalue weighted by Gasteiger charge is 2.19. The topological polar surface area (TPSA) is 206 Å². The number of H-pyrrole nitrogens is 4. The van der Waals surface area contributed by atoms with Crippen molar-refractivity contribution in [1.29, 1.82) is 0 Å². The van der Waals surface area contributed by atoms with Crippen molar-refractivity contribution >= 4 is 116 Å². The van der Waals surface area contributed by atoms with Gasteiger partial charge in [0.25, 0.3) is 0 Å². The largest absolute Gasteiger partial charge is 0.493 e. The first-order chi connectivity index (χ1) is 41.3. The number of aromatic nitrogens is 10. The Hall–Kier alpha value is -11.9. The Morgan fingerprint density at radius 3 is 0.976 bits per heavy atom. The van der Waals surface area contributed by atoms with E-state index in [2.05, 4.69) is 32.1 Å². The summed E-state index contributed by atoms with van der Waals surface area (Å²) in [4.78, 5) is 55.5. The molecule has 0 aliphatic carbocycles. The van der Waals surface area contributed by atoms with Crippen LogP contribution in [0.4, 0.5) is 11.4 Å². The van der Waals surface area contributed by atoms with Crippen LogP contribution in [-0.4, -0.2) is 71.8 Å². The maximum absolute atomic E-state index is 11.7. The summed E-state index contributed by atoms with van der Waals surface area (Å²) in [7, 11) is 0. The molecule has 30 bridgehead atoms. The lowest BCUT2D eigenvalue weighted by Crippen LogP contribution is -2.03. The number of aliphatic hydroxyl groups is 2. The lowest BCUT2D eigenvalue weighted by molar-refractivity contribution is 0.553. The fourth-order valence-electron chi connectivity index (χ4n) is 11.4. The lowest BCUT2D eigenvalue weighted by Gasteiger charge is -2.09. The number of nitrogens with zero attached hydrogens (tertiary/aromatic N) is 8. The van der Waals surface area contributed by atoms with Gasteiger partial charge in [0, 0.05) is 66.5 Å². The molecule has 0 amide bonds. The average Bonchev–Trinajstić information content (AvgIpc) is 4.14. The van der Waals surface area contributed by atoms with Crippen LogP contribution in [0.5, 0.6) is 0 Å². The minimum atomic E-state index is -0.236. The van der Waals surface area contributed by atoms with Crippen LogP contribution in [0.3, 0.4) is 0 Å². The van der Waals surface area contributed by atoms with Gasteiger partial charge in [0.05, 0.1) is 90.7 Å². The number of nitrogens with one attached hydrogen (secondary N) is 4. The standard InChI is InChI=1S/C70H44N12O2/c83-69-41-8-1-9-42(32-41)70(84)80-44-11-3-7-40(34-44)66-59-26-18-47(73-59)37-51-22-30-63(77-51)68(64-31-23-52(78-64)38-48-19-27-60(66)74-48)56-15-5-13-54(82-56)53-12-4-14-55(81-53)67-61-28-20-49(75-61)35-45-16-24-57(71-45)65(39-6-2-10-43(33-39)79-69)58-25-17-46(72-58)36-50-21-29-62(67)76-50/h1-38,71,73,76,78H,(H,79,83)(H,80,84). The van der Waals surface area contributed by atoms with Crippen LogP contribution in [-0.2, 0) is 0 Å². The summed E-state index contributed by atoms with van der Waals surface area (Å²) in [5.74, 6) is -0.472. The first-order valence-electron chi connectivity index (χ1n) is 27.3. The van der Waals surface area contributed by atoms with Gasteiger partial charge in [0.1, 0.15) is 0 Å². The molecule has 8 aromatic heterocycles. The molecule has 19 rings (SSSR count). The second-order valence-corrected chi connectivity index (χ2v) is 20.8. The molecule has 0 radical (unpaired) electrons. The van der Waals surface area contributed by atoms with Gasteiger partial charge in [0.2, 0.25) is 11.8 Å². The quantitative estimate of drug-likeness (QED) is 0.0859. The normalized spacial score (nSPS) is 13.0. The molecule has 8 aliphatic rings. The van der Waals surface area contributed by atoms with E-state index in [-0.39, 0.29) is 11.8 Å². The molecule has 16 heterocycles. The van der Waals surface area contributed by atoms with Crippen LogP contribution in [0.1, 0.15) is 56.7 Å². The zero-order valence-corrected chi connectivity index (χ0v) is 44.4. The number of aromatic amines is 4. The van der Waals surface area contributed by atoms with Crippen LogP contribution in [0, 0.1) is 0 Å². The van der Waals surface area contributed by atoms with E-state index >= 15 is 0 Å². The smallest absolute Gasteiger partial charge is 0.218 e. The summed E-state index contributed by atoms with van der Waals surface area (Å²) in [5, 5.41) is 23.4. The molecule has 396 valence electrons. The van der Waals surface area contributed by atoms with Gasteiger partial charge in [-0.05, 0) is 199 Å². The Kier molecular flexibility index (Phi) is 11.1. The maximum Gasteiger partial charge on any atom is 0.218 e. The molecule has 0 atom stereocenters. The van der Waals surface area contributed by atoms with Crippen molar-refractivity contribution in [3.8, 4) is 56.2 Å². The Labute approximate surface area is 478 Å². The highest BCUT2D eigenvalue weighted by atomic mass is 16.3. The highest BCUT2D eigenvalue weighted by Crippen LogP contribution is 2.37. The first-order valence-corrected chi connectivity index (χ1v) is 27.3. The molecule has 14 nitrogen and oxygen atoms in total. The van der Waals surface area contributed by atoms with E-state index in [4.69, 9.17) is 39.9 Å². The molecule has 3 aromatic carbocycles. The maximum atomic E-state index is 11.7. The summed E-state index contributed by atoms with van der Waals surface area (Å²) in [5.41, 5.74) is 22.2. The van der Waals surface area contributed by atoms with E-state index in [1.54, 1.807) is 24.3 Å². The molecule has 14 heteroatoms. The van der Waals surface area contributed by atoms with Gasteiger partial charge in [-0.1, -0.05) is 42.5 Å². The summed E-state index contributed by atoms with van der Waals surface area (Å²) >= 11 is 0. The Morgan fingerprint density at radius 1 is 0.262 bits per heavy atom. The number of rotatable bonds is 0. The Balaban J connectivity index is 0.936. The summed E-state index contributed by atoms with van der Waals surface area (Å²) in [6.07, 6.45) is 16.1. The van der Waals surface area contributed by atoms with Gasteiger partial charge >= 0.3 is 0 Å². The zero-order chi connectivity index (χ0) is 55.8. The van der Waals surface area contributed by atoms with Gasteiger partial charge in [-0.2, -0.15) is 0 Å². The molecule has 0 saturated heterocycles. The second-order valence-electron chi connectivity index (χ2n) is 20.8. The van der Waals surface area contributed by atoms with Crippen molar-refractivity contribution in [3.63, 3.8) is 0 Å². The SMILES string of the molecule is OC1=Nc2cccc(c2)-c2c3nc(cc4ccc([nH]4)c(c4nc(cc5ccc2[nH]5)C=C4)-c2cccc(n2)-c2cccc(n2)-c2c4nc(cc5ccc([nH]5)c(c5nc(cc6ccc2[nH]6)C=C5)-c2cccc(c2)N=C(O)c2cccc1c2)C=C4)C=C3. The predicted octanol–water partition coefficient (Wildman–Crippen LogP) is 16.3. The third-order valence-corrected chi connectivity index (χ3v) is 15.2. The van der Waals surface area contributed by atoms with E-state index in [1.165, 1.54) is 0 Å². The van der Waals surface area contributed by atoms with Crippen molar-refractivity contribution in [2.45, 2.75) is 0 Å². The molecule has 0 unspecified atom stereocenters. The fourth-order valence-corrected chi connectivity index (χ4v) is 11.4. The van der Waals surface area contributed by atoms with Crippen molar-refractivity contribution < 1.29 is 10.2 Å². The van der Waals surface area contributed by atoms with Gasteiger partial charge < -0.3 is 30.1 Å². The van der Waals surface area contributed by atoms with E-state index in [0.29, 0.717) is 45.3 Å². The van der Waals surface area contributed by atoms with Gasteiger partial charge in [-0.15, -0.1) is 0 Å². The minimum absolute atomic E-state index is 0.236. The van der Waals surface area contributed by atoms with Crippen LogP contribution in [0.15, 0.2) is 192 Å². The van der Waals surface area contributed by atoms with Gasteiger partial charge in [-0.3, -0.25) is 0 Å². The average molecular weight is 1090 g/mol. The zero-order valence-electron chi connectivity index (χ0n) is 44.4. The highest BCUT2D eigenvalue weighted by molar-refractivity contribution is 6.01. The van der Waals surface area contributed by atoms with Crippen LogP contribution < -0.4 is 0 Å². The minimum Gasteiger partial charge on any atom is -0.493 e. The molecule has 11 aromatic rings. The third kappa shape index (κ3) is 8.88. The molecule has 6 N–H and O–H groups in total. The van der Waals surface area contributed by atoms with Crippen LogP contribution >= 0.6 is 0 Å². The van der Waals surface area contributed by atoms with E-state index in [0.717, 1.165) is 123 Å². The number of benzene rings is 3. The molecule has 84 heavy (non-hydrogen) atoms. The summed E-state index contributed by atoms with van der Waals surface area (Å²) in [6.45, 7) is 0. The Bertz CT molecular complexity index is 4880. The number of hydrogen-bond donors (Lipinski definition) is 6. The lowest BCUT2D eigenvalue weighted by atomic mass is 10.0. The molecule has 0 saturated carbocycles. The molecular formula is C70H44N12O2. The number of pyridine rings is 2. The van der Waals surface area contributed by atoms with Crippen LogP contribution in [0.25, 0.3) is 149 Å². The molecule has 0 fully saturated rings. The molecule has 0 spiro atoms. The predicted molar refractivity (Wildman–Crippen MR) is 338 cm³/mol. The van der Waals surface area contributed by atoms with Crippen molar-refractivity contribution in [3.05, 3.63) is 239 Å². The number of hydrogen-bond acceptors (Lipinski definition) is 8. The van der Waals surface area contributed by atoms with E-state index in [9.17, 15) is 10.2 Å². The van der Waals surface area contributed by atoms with Gasteiger partial charge in [0.15, 0.2) is 0 Å². The second kappa shape index (κ2) is 19.4. The number of aliphatic imine (C=N–C) groups is 2. The summed E-state index contributed by atoms with van der Waals surface area (Å²) < 4.78 is 0. The monoisotopic (exact) mass is 1080 g/mol. The fraction of sp³-hybridized carbons (Fsp3) is 0. The number of aliphatic hydroxyl groups excluding tert-OH is 2. The molecular weight excluding hydrogens is 1040 g/mol. The third-order valence-electron chi connectivity index (χ3n) is 15.2. The Morgan fingerprint density at radius 2 is 0.583 bits per heavy atom. The van der Waals surface area contributed by atoms with Crippen molar-refractivity contribution in [1.82, 2.24) is 49.8 Å². The summed E-state index contributed by atoms with van der Waals surface area (Å²) in [6, 6.07) is 58.6. The first kappa shape index (κ1) is 48.0. The van der Waals surface area contributed by atoms with Crippen LogP contribution in [0.2, 0.25) is 0 Å². The van der Waals surface area contributed by atoms with E-state index in [1.807, 2.05) is 194 Å².